The van der Waals surface area contributed by atoms with Gasteiger partial charge in [-0.05, 0) is 18.6 Å². The minimum absolute atomic E-state index is 0.0397. The van der Waals surface area contributed by atoms with E-state index in [1.807, 2.05) is 36.0 Å². The number of aryl methyl sites for hydroxylation is 1. The second kappa shape index (κ2) is 6.19. The molecule has 0 aliphatic carbocycles. The second-order valence-corrected chi connectivity index (χ2v) is 6.62. The lowest BCUT2D eigenvalue weighted by molar-refractivity contribution is 0.0734. The van der Waals surface area contributed by atoms with Gasteiger partial charge in [-0.1, -0.05) is 0 Å². The molecule has 0 bridgehead atoms. The molecule has 0 radical (unpaired) electrons. The molecule has 1 fully saturated rings. The van der Waals surface area contributed by atoms with Crippen LogP contribution < -0.4 is 0 Å². The summed E-state index contributed by atoms with van der Waals surface area (Å²) < 4.78 is 3.61. The van der Waals surface area contributed by atoms with Crippen molar-refractivity contribution in [2.24, 2.45) is 7.05 Å². The second-order valence-electron chi connectivity index (χ2n) is 6.62. The fraction of sp³-hybridized carbons (Fsp3) is 0.333. The lowest BCUT2D eigenvalue weighted by atomic mass is 10.2. The summed E-state index contributed by atoms with van der Waals surface area (Å²) in [5, 5.41) is 13.2. The smallest absolute Gasteiger partial charge is 0.274 e. The topological polar surface area (TPSA) is 82.5 Å². The first kappa shape index (κ1) is 16.1. The summed E-state index contributed by atoms with van der Waals surface area (Å²) in [4.78, 5) is 20.6. The van der Waals surface area contributed by atoms with Crippen LogP contribution in [0.25, 0.3) is 16.8 Å². The van der Waals surface area contributed by atoms with Crippen molar-refractivity contribution in [1.29, 1.82) is 5.26 Å². The number of likely N-dealkylation sites (tertiary alicyclic amines) is 1. The van der Waals surface area contributed by atoms with Gasteiger partial charge < -0.3 is 14.2 Å². The number of hydrogen-bond donors (Lipinski definition) is 0. The minimum Gasteiger partial charge on any atom is -0.335 e. The Kier molecular flexibility index (Phi) is 3.84. The van der Waals surface area contributed by atoms with Gasteiger partial charge in [0.25, 0.3) is 5.91 Å². The molecular weight excluding hydrogens is 330 g/mol. The highest BCUT2D eigenvalue weighted by molar-refractivity contribution is 5.93. The lowest BCUT2D eigenvalue weighted by Crippen LogP contribution is -2.38. The first-order valence-corrected chi connectivity index (χ1v) is 8.45. The van der Waals surface area contributed by atoms with Crippen molar-refractivity contribution >= 4 is 11.6 Å². The average Bonchev–Trinajstić information content (AvgIpc) is 3.38. The number of carbonyl (C=O) groups excluding carboxylic acids is 1. The average molecular weight is 349 g/mol. The predicted molar refractivity (Wildman–Crippen MR) is 95.1 cm³/mol. The third kappa shape index (κ3) is 2.77. The summed E-state index contributed by atoms with van der Waals surface area (Å²) in [6.45, 7) is 1.27. The number of nitrogens with zero attached hydrogens (tertiary/aromatic N) is 7. The standard InChI is InChI=1S/C18H19N7O/c1-22-8-14(7-20-22)13-3-4-17-21-16(11-25(17)9-13)18(26)23(2)15-5-6-24(10-15)12-19/h3-4,7-9,11,15H,5-6,10H2,1-2H3. The summed E-state index contributed by atoms with van der Waals surface area (Å²) >= 11 is 0. The van der Waals surface area contributed by atoms with Crippen LogP contribution in [0.1, 0.15) is 16.9 Å². The van der Waals surface area contributed by atoms with E-state index in [0.29, 0.717) is 18.8 Å². The highest BCUT2D eigenvalue weighted by atomic mass is 16.2. The van der Waals surface area contributed by atoms with Crippen molar-refractivity contribution in [3.8, 4) is 17.3 Å². The van der Waals surface area contributed by atoms with E-state index in [2.05, 4.69) is 16.3 Å². The van der Waals surface area contributed by atoms with Gasteiger partial charge in [-0.3, -0.25) is 9.48 Å². The highest BCUT2D eigenvalue weighted by Crippen LogP contribution is 2.20. The summed E-state index contributed by atoms with van der Waals surface area (Å²) in [6.07, 6.45) is 10.4. The van der Waals surface area contributed by atoms with Crippen LogP contribution in [0.4, 0.5) is 0 Å². The van der Waals surface area contributed by atoms with E-state index in [9.17, 15) is 4.79 Å². The highest BCUT2D eigenvalue weighted by Gasteiger charge is 2.29. The summed E-state index contributed by atoms with van der Waals surface area (Å²) in [5.74, 6) is -0.124. The molecule has 8 heteroatoms. The molecule has 1 aliphatic heterocycles. The molecule has 3 aromatic rings. The Morgan fingerprint density at radius 1 is 1.31 bits per heavy atom. The van der Waals surface area contributed by atoms with Crippen molar-refractivity contribution in [3.05, 3.63) is 42.6 Å². The third-order valence-electron chi connectivity index (χ3n) is 4.88. The summed E-state index contributed by atoms with van der Waals surface area (Å²) in [6, 6.07) is 3.91. The fourth-order valence-corrected chi connectivity index (χ4v) is 3.33. The Balaban J connectivity index is 1.59. The van der Waals surface area contributed by atoms with Crippen LogP contribution >= 0.6 is 0 Å². The maximum absolute atomic E-state index is 12.8. The van der Waals surface area contributed by atoms with E-state index in [-0.39, 0.29) is 11.9 Å². The SMILES string of the molecule is CN(C(=O)c1cn2cc(-c3cnn(C)c3)ccc2n1)C1CCN(C#N)C1. The molecule has 4 rings (SSSR count). The van der Waals surface area contributed by atoms with Crippen molar-refractivity contribution in [1.82, 2.24) is 29.0 Å². The van der Waals surface area contributed by atoms with Crippen molar-refractivity contribution in [2.45, 2.75) is 12.5 Å². The number of amides is 1. The van der Waals surface area contributed by atoms with Crippen molar-refractivity contribution in [2.75, 3.05) is 20.1 Å². The van der Waals surface area contributed by atoms with Gasteiger partial charge in [0.05, 0.1) is 12.2 Å². The van der Waals surface area contributed by atoms with E-state index >= 15 is 0 Å². The molecule has 0 aromatic carbocycles. The van der Waals surface area contributed by atoms with E-state index in [1.54, 1.807) is 33.9 Å². The van der Waals surface area contributed by atoms with Gasteiger partial charge in [-0.25, -0.2) is 4.98 Å². The van der Waals surface area contributed by atoms with Gasteiger partial charge in [-0.2, -0.15) is 10.4 Å². The van der Waals surface area contributed by atoms with Crippen LogP contribution in [0.2, 0.25) is 0 Å². The predicted octanol–water partition coefficient (Wildman–Crippen LogP) is 1.36. The monoisotopic (exact) mass is 349 g/mol. The molecule has 4 heterocycles. The minimum atomic E-state index is -0.124. The third-order valence-corrected chi connectivity index (χ3v) is 4.88. The molecule has 26 heavy (non-hydrogen) atoms. The molecule has 1 aliphatic rings. The van der Waals surface area contributed by atoms with Crippen LogP contribution in [0, 0.1) is 11.5 Å². The maximum Gasteiger partial charge on any atom is 0.274 e. The van der Waals surface area contributed by atoms with Crippen molar-refractivity contribution in [3.63, 3.8) is 0 Å². The Bertz CT molecular complexity index is 1010. The van der Waals surface area contributed by atoms with Gasteiger partial charge in [0.1, 0.15) is 11.3 Å². The number of imidazole rings is 1. The molecular formula is C18H19N7O. The fourth-order valence-electron chi connectivity index (χ4n) is 3.33. The molecule has 1 unspecified atom stereocenters. The Labute approximate surface area is 150 Å². The van der Waals surface area contributed by atoms with Crippen LogP contribution in [-0.2, 0) is 7.05 Å². The molecule has 1 atom stereocenters. The Hall–Kier alpha value is -3.34. The quantitative estimate of drug-likeness (QED) is 0.667. The van der Waals surface area contributed by atoms with Gasteiger partial charge in [0.2, 0.25) is 0 Å². The number of rotatable bonds is 3. The van der Waals surface area contributed by atoms with Gasteiger partial charge >= 0.3 is 0 Å². The lowest BCUT2D eigenvalue weighted by Gasteiger charge is -2.22. The van der Waals surface area contributed by atoms with E-state index in [0.717, 1.165) is 23.2 Å². The molecule has 1 saturated heterocycles. The first-order chi connectivity index (χ1) is 12.5. The molecule has 1 amide bonds. The van der Waals surface area contributed by atoms with Crippen LogP contribution in [0.3, 0.4) is 0 Å². The summed E-state index contributed by atoms with van der Waals surface area (Å²) in [7, 11) is 3.65. The molecule has 8 nitrogen and oxygen atoms in total. The number of fused-ring (bicyclic) bond motifs is 1. The maximum atomic E-state index is 12.8. The van der Waals surface area contributed by atoms with E-state index in [4.69, 9.17) is 5.26 Å². The normalized spacial score (nSPS) is 16.8. The Morgan fingerprint density at radius 2 is 2.15 bits per heavy atom. The zero-order valence-corrected chi connectivity index (χ0v) is 14.7. The Morgan fingerprint density at radius 3 is 2.85 bits per heavy atom. The number of carbonyl (C=O) groups is 1. The van der Waals surface area contributed by atoms with Gasteiger partial charge in [0, 0.05) is 56.9 Å². The molecule has 132 valence electrons. The number of pyridine rings is 1. The zero-order valence-electron chi connectivity index (χ0n) is 14.7. The number of likely N-dealkylation sites (N-methyl/N-ethyl adjacent to an activating group) is 1. The molecule has 3 aromatic heterocycles. The van der Waals surface area contributed by atoms with Crippen LogP contribution in [-0.4, -0.2) is 61.1 Å². The van der Waals surface area contributed by atoms with E-state index in [1.165, 1.54) is 0 Å². The van der Waals surface area contributed by atoms with Crippen LogP contribution in [0.5, 0.6) is 0 Å². The number of nitriles is 1. The van der Waals surface area contributed by atoms with Crippen molar-refractivity contribution < 1.29 is 4.79 Å². The first-order valence-electron chi connectivity index (χ1n) is 8.45. The zero-order chi connectivity index (χ0) is 18.3. The van der Waals surface area contributed by atoms with Gasteiger partial charge in [0.15, 0.2) is 6.19 Å². The largest absolute Gasteiger partial charge is 0.335 e. The summed E-state index contributed by atoms with van der Waals surface area (Å²) in [5.41, 5.74) is 3.15. The molecule has 0 spiro atoms. The van der Waals surface area contributed by atoms with Gasteiger partial charge in [-0.15, -0.1) is 0 Å². The number of aromatic nitrogens is 4. The number of hydrogen-bond acceptors (Lipinski definition) is 5. The van der Waals surface area contributed by atoms with E-state index < -0.39 is 0 Å². The molecule has 0 saturated carbocycles. The molecule has 0 N–H and O–H groups in total. The van der Waals surface area contributed by atoms with Crippen LogP contribution in [0.15, 0.2) is 36.9 Å².